The minimum absolute atomic E-state index is 0.337. The maximum atomic E-state index is 11.9. The summed E-state index contributed by atoms with van der Waals surface area (Å²) < 4.78 is 56.6. The van der Waals surface area contributed by atoms with Crippen molar-refractivity contribution in [2.45, 2.75) is 0 Å². The van der Waals surface area contributed by atoms with Gasteiger partial charge in [0.15, 0.2) is 0 Å². The first-order chi connectivity index (χ1) is 12.0. The minimum atomic E-state index is -4.45. The molecule has 0 bridgehead atoms. The van der Waals surface area contributed by atoms with E-state index in [1.165, 1.54) is 0 Å². The average molecular weight is 408 g/mol. The van der Waals surface area contributed by atoms with Crippen LogP contribution in [-0.2, 0) is 20.2 Å². The van der Waals surface area contributed by atoms with Gasteiger partial charge in [-0.3, -0.25) is 9.59 Å². The van der Waals surface area contributed by atoms with E-state index >= 15 is 0 Å². The molecular formula is C10H12N6O8S2. The SMILES string of the molecule is NC(=O)c1cn[nH]c1OS(=O)(=O)CCS(=O)(=O)Oc1[nH]ncc1C(N)=O. The van der Waals surface area contributed by atoms with Crippen molar-refractivity contribution in [1.29, 1.82) is 0 Å². The molecule has 0 aliphatic carbocycles. The number of nitrogens with two attached hydrogens (primary N) is 2. The lowest BCUT2D eigenvalue weighted by atomic mass is 10.3. The van der Waals surface area contributed by atoms with Crippen LogP contribution < -0.4 is 19.8 Å². The molecule has 0 atom stereocenters. The van der Waals surface area contributed by atoms with Gasteiger partial charge >= 0.3 is 20.2 Å². The third kappa shape index (κ3) is 4.70. The number of hydrogen-bond acceptors (Lipinski definition) is 10. The fourth-order valence-corrected chi connectivity index (χ4v) is 4.13. The predicted octanol–water partition coefficient (Wildman–Crippen LogP) is -2.55. The van der Waals surface area contributed by atoms with Gasteiger partial charge in [-0.15, -0.1) is 0 Å². The molecule has 0 radical (unpaired) electrons. The molecule has 142 valence electrons. The van der Waals surface area contributed by atoms with Gasteiger partial charge in [0, 0.05) is 0 Å². The highest BCUT2D eigenvalue weighted by Crippen LogP contribution is 2.17. The Labute approximate surface area is 146 Å². The molecule has 2 heterocycles. The van der Waals surface area contributed by atoms with Crippen LogP contribution in [0.5, 0.6) is 11.8 Å². The molecule has 0 aliphatic heterocycles. The molecule has 2 aromatic heterocycles. The highest BCUT2D eigenvalue weighted by Gasteiger charge is 2.25. The van der Waals surface area contributed by atoms with Gasteiger partial charge in [-0.1, -0.05) is 0 Å². The molecule has 0 saturated carbocycles. The summed E-state index contributed by atoms with van der Waals surface area (Å²) in [6.45, 7) is 0. The molecule has 0 spiro atoms. The molecule has 2 amide bonds. The molecule has 14 nitrogen and oxygen atoms in total. The zero-order chi connectivity index (χ0) is 19.5. The molecule has 16 heteroatoms. The Kier molecular flexibility index (Phi) is 5.17. The van der Waals surface area contributed by atoms with E-state index in [1.54, 1.807) is 0 Å². The van der Waals surface area contributed by atoms with Gasteiger partial charge in [-0.05, 0) is 0 Å². The molecule has 0 fully saturated rings. The third-order valence-corrected chi connectivity index (χ3v) is 5.25. The summed E-state index contributed by atoms with van der Waals surface area (Å²) in [5.41, 5.74) is 9.32. The molecule has 6 N–H and O–H groups in total. The van der Waals surface area contributed by atoms with E-state index in [1.807, 2.05) is 0 Å². The standard InChI is InChI=1S/C10H12N6O8S2/c11-7(17)5-3-13-15-9(5)23-25(19,20)1-2-26(21,22)24-10-6(8(12)18)4-14-16-10/h3-4H,1-2H2,(H2,11,17)(H2,12,18)(H,13,15)(H,14,16). The second-order valence-corrected chi connectivity index (χ2v) is 8.02. The molecule has 0 unspecified atom stereocenters. The minimum Gasteiger partial charge on any atom is -0.365 e. The van der Waals surface area contributed by atoms with Crippen LogP contribution in [0.3, 0.4) is 0 Å². The lowest BCUT2D eigenvalue weighted by Gasteiger charge is -2.07. The van der Waals surface area contributed by atoms with Crippen LogP contribution in [0.25, 0.3) is 0 Å². The zero-order valence-corrected chi connectivity index (χ0v) is 14.3. The largest absolute Gasteiger partial charge is 0.365 e. The quantitative estimate of drug-likeness (QED) is 0.317. The van der Waals surface area contributed by atoms with Crippen molar-refractivity contribution in [2.75, 3.05) is 11.5 Å². The molecule has 2 aromatic rings. The smallest absolute Gasteiger partial charge is 0.311 e. The molecule has 2 rings (SSSR count). The Balaban J connectivity index is 2.06. The van der Waals surface area contributed by atoms with Crippen molar-refractivity contribution in [3.63, 3.8) is 0 Å². The van der Waals surface area contributed by atoms with Crippen molar-refractivity contribution in [3.8, 4) is 11.8 Å². The van der Waals surface area contributed by atoms with Crippen LogP contribution in [0, 0.1) is 0 Å². The van der Waals surface area contributed by atoms with E-state index in [2.05, 4.69) is 28.8 Å². The summed E-state index contributed by atoms with van der Waals surface area (Å²) in [7, 11) is -8.91. The number of carbonyl (C=O) groups is 2. The number of amides is 2. The topological polar surface area (TPSA) is 230 Å². The summed E-state index contributed by atoms with van der Waals surface area (Å²) in [4.78, 5) is 22.1. The second kappa shape index (κ2) is 7.00. The monoisotopic (exact) mass is 408 g/mol. The number of hydrogen-bond donors (Lipinski definition) is 4. The molecule has 0 saturated heterocycles. The van der Waals surface area contributed by atoms with Crippen LogP contribution in [0.15, 0.2) is 12.4 Å². The molecule has 0 aromatic carbocycles. The summed E-state index contributed by atoms with van der Waals surface area (Å²) >= 11 is 0. The number of H-pyrrole nitrogens is 2. The average Bonchev–Trinajstić information content (AvgIpc) is 3.14. The van der Waals surface area contributed by atoms with Crippen LogP contribution in [0.4, 0.5) is 0 Å². The van der Waals surface area contributed by atoms with Crippen LogP contribution in [0.1, 0.15) is 20.7 Å². The molecule has 26 heavy (non-hydrogen) atoms. The van der Waals surface area contributed by atoms with Crippen LogP contribution in [0.2, 0.25) is 0 Å². The first-order valence-corrected chi connectivity index (χ1v) is 9.67. The van der Waals surface area contributed by atoms with Gasteiger partial charge in [-0.25, -0.2) is 10.2 Å². The second-order valence-electron chi connectivity index (χ2n) is 4.64. The molecular weight excluding hydrogens is 396 g/mol. The van der Waals surface area contributed by atoms with Gasteiger partial charge in [0.05, 0.1) is 12.4 Å². The summed E-state index contributed by atoms with van der Waals surface area (Å²) in [6, 6.07) is 0. The normalized spacial score (nSPS) is 11.8. The van der Waals surface area contributed by atoms with Gasteiger partial charge in [0.25, 0.3) is 11.8 Å². The lowest BCUT2D eigenvalue weighted by molar-refractivity contribution is 0.0990. The number of carbonyl (C=O) groups excluding carboxylic acids is 2. The Morgan fingerprint density at radius 2 is 1.19 bits per heavy atom. The van der Waals surface area contributed by atoms with Crippen molar-refractivity contribution in [1.82, 2.24) is 20.4 Å². The summed E-state index contributed by atoms with van der Waals surface area (Å²) in [5, 5.41) is 11.0. The third-order valence-electron chi connectivity index (χ3n) is 2.74. The fraction of sp³-hybridized carbons (Fsp3) is 0.200. The molecule has 0 aliphatic rings. The van der Waals surface area contributed by atoms with Gasteiger partial charge < -0.3 is 19.8 Å². The van der Waals surface area contributed by atoms with E-state index in [0.717, 1.165) is 12.4 Å². The number of nitrogens with zero attached hydrogens (tertiary/aromatic N) is 2. The summed E-state index contributed by atoms with van der Waals surface area (Å²) in [6.07, 6.45) is 1.88. The Morgan fingerprint density at radius 3 is 1.50 bits per heavy atom. The van der Waals surface area contributed by atoms with Gasteiger partial charge in [0.2, 0.25) is 11.8 Å². The van der Waals surface area contributed by atoms with Crippen molar-refractivity contribution < 1.29 is 34.8 Å². The Hall–Kier alpha value is -3.14. The summed E-state index contributed by atoms with van der Waals surface area (Å²) in [5.74, 6) is -5.18. The van der Waals surface area contributed by atoms with Crippen molar-refractivity contribution in [3.05, 3.63) is 23.5 Å². The van der Waals surface area contributed by atoms with E-state index < -0.39 is 55.3 Å². The van der Waals surface area contributed by atoms with Crippen molar-refractivity contribution >= 4 is 32.1 Å². The maximum absolute atomic E-state index is 11.9. The lowest BCUT2D eigenvalue weighted by Crippen LogP contribution is -2.25. The van der Waals surface area contributed by atoms with Gasteiger partial charge in [0.1, 0.15) is 22.6 Å². The van der Waals surface area contributed by atoms with E-state index in [4.69, 9.17) is 11.5 Å². The number of aromatic nitrogens is 4. The number of nitrogens with one attached hydrogen (secondary N) is 2. The zero-order valence-electron chi connectivity index (χ0n) is 12.7. The van der Waals surface area contributed by atoms with E-state index in [0.29, 0.717) is 0 Å². The number of rotatable bonds is 9. The van der Waals surface area contributed by atoms with Crippen molar-refractivity contribution in [2.24, 2.45) is 11.5 Å². The number of primary amides is 2. The van der Waals surface area contributed by atoms with E-state index in [-0.39, 0.29) is 11.1 Å². The predicted molar refractivity (Wildman–Crippen MR) is 83.0 cm³/mol. The maximum Gasteiger partial charge on any atom is 0.311 e. The Bertz CT molecular complexity index is 953. The van der Waals surface area contributed by atoms with Crippen LogP contribution in [-0.4, -0.2) is 60.6 Å². The highest BCUT2D eigenvalue weighted by molar-refractivity contribution is 7.90. The first-order valence-electron chi connectivity index (χ1n) is 6.51. The number of aromatic amines is 2. The first kappa shape index (κ1) is 19.2. The van der Waals surface area contributed by atoms with Gasteiger partial charge in [-0.2, -0.15) is 27.0 Å². The Morgan fingerprint density at radius 1 is 0.846 bits per heavy atom. The van der Waals surface area contributed by atoms with Crippen LogP contribution >= 0.6 is 0 Å². The highest BCUT2D eigenvalue weighted by atomic mass is 32.2. The van der Waals surface area contributed by atoms with E-state index in [9.17, 15) is 26.4 Å². The fourth-order valence-electron chi connectivity index (χ4n) is 1.57.